The van der Waals surface area contributed by atoms with Gasteiger partial charge in [0.25, 0.3) is 0 Å². The number of ether oxygens (including phenoxy) is 3. The van der Waals surface area contributed by atoms with Gasteiger partial charge in [-0.15, -0.1) is 0 Å². The van der Waals surface area contributed by atoms with E-state index in [1.165, 1.54) is 18.4 Å². The molecule has 0 radical (unpaired) electrons. The van der Waals surface area contributed by atoms with Crippen LogP contribution in [0.3, 0.4) is 0 Å². The van der Waals surface area contributed by atoms with Gasteiger partial charge < -0.3 is 14.2 Å². The first-order chi connectivity index (χ1) is 8.45. The minimum absolute atomic E-state index is 0.0284. The highest BCUT2D eigenvalue weighted by atomic mass is 32.1. The molecule has 0 aliphatic carbocycles. The summed E-state index contributed by atoms with van der Waals surface area (Å²) in [6, 6.07) is 2.09. The average molecular weight is 256 g/mol. The van der Waals surface area contributed by atoms with Gasteiger partial charge >= 0.3 is 0 Å². The Balaban J connectivity index is 1.43. The second-order valence-corrected chi connectivity index (χ2v) is 4.98. The van der Waals surface area contributed by atoms with E-state index in [2.05, 4.69) is 16.8 Å². The van der Waals surface area contributed by atoms with Gasteiger partial charge in [0, 0.05) is 13.2 Å². The number of thiophene rings is 1. The molecular formula is C13H20O3S. The lowest BCUT2D eigenvalue weighted by molar-refractivity contribution is -0.164. The number of rotatable bonds is 7. The van der Waals surface area contributed by atoms with Crippen molar-refractivity contribution in [2.45, 2.75) is 38.6 Å². The van der Waals surface area contributed by atoms with Gasteiger partial charge in [-0.3, -0.25) is 0 Å². The molecule has 1 aliphatic rings. The minimum atomic E-state index is 0.0284. The Bertz CT molecular complexity index is 281. The van der Waals surface area contributed by atoms with Crippen LogP contribution in [-0.2, 0) is 20.8 Å². The molecule has 1 fully saturated rings. The fourth-order valence-corrected chi connectivity index (χ4v) is 2.44. The Morgan fingerprint density at radius 1 is 1.35 bits per heavy atom. The van der Waals surface area contributed by atoms with Gasteiger partial charge in [0.15, 0.2) is 6.29 Å². The van der Waals surface area contributed by atoms with E-state index >= 15 is 0 Å². The molecule has 2 heterocycles. The third kappa shape index (κ3) is 5.17. The van der Waals surface area contributed by atoms with Crippen molar-refractivity contribution >= 4 is 11.3 Å². The summed E-state index contributed by atoms with van der Waals surface area (Å²) in [7, 11) is 0. The van der Waals surface area contributed by atoms with Crippen LogP contribution in [0, 0.1) is 0 Å². The monoisotopic (exact) mass is 256 g/mol. The Hall–Kier alpha value is -0.420. The maximum Gasteiger partial charge on any atom is 0.157 e. The third-order valence-electron chi connectivity index (χ3n) is 2.72. The van der Waals surface area contributed by atoms with Crippen molar-refractivity contribution < 1.29 is 14.2 Å². The predicted molar refractivity (Wildman–Crippen MR) is 68.1 cm³/mol. The van der Waals surface area contributed by atoms with Crippen molar-refractivity contribution in [1.82, 2.24) is 0 Å². The molecule has 0 saturated carbocycles. The van der Waals surface area contributed by atoms with Crippen molar-refractivity contribution in [3.05, 3.63) is 22.4 Å². The van der Waals surface area contributed by atoms with Crippen LogP contribution in [0.1, 0.15) is 31.2 Å². The quantitative estimate of drug-likeness (QED) is 0.701. The smallest absolute Gasteiger partial charge is 0.157 e. The van der Waals surface area contributed by atoms with Crippen molar-refractivity contribution in [1.29, 1.82) is 0 Å². The molecule has 4 heteroatoms. The molecule has 0 N–H and O–H groups in total. The summed E-state index contributed by atoms with van der Waals surface area (Å²) in [4.78, 5) is 0. The van der Waals surface area contributed by atoms with Crippen LogP contribution in [0.4, 0.5) is 0 Å². The first kappa shape index (κ1) is 13.0. The molecule has 0 aromatic carbocycles. The zero-order valence-corrected chi connectivity index (χ0v) is 10.9. The molecule has 0 amide bonds. The molecule has 2 rings (SSSR count). The molecule has 0 bridgehead atoms. The van der Waals surface area contributed by atoms with Crippen molar-refractivity contribution in [2.75, 3.05) is 19.8 Å². The summed E-state index contributed by atoms with van der Waals surface area (Å²) in [6.45, 7) is 3.04. The molecule has 1 aromatic rings. The minimum Gasteiger partial charge on any atom is -0.377 e. The summed E-state index contributed by atoms with van der Waals surface area (Å²) in [5.74, 6) is 0. The lowest BCUT2D eigenvalue weighted by atomic mass is 10.2. The maximum atomic E-state index is 5.62. The van der Waals surface area contributed by atoms with Gasteiger partial charge in [0.1, 0.15) is 0 Å². The van der Waals surface area contributed by atoms with Crippen LogP contribution in [0.25, 0.3) is 0 Å². The van der Waals surface area contributed by atoms with Crippen LogP contribution in [-0.4, -0.2) is 26.1 Å². The zero-order valence-electron chi connectivity index (χ0n) is 10.1. The van der Waals surface area contributed by atoms with Crippen molar-refractivity contribution in [2.24, 2.45) is 0 Å². The molecule has 0 spiro atoms. The topological polar surface area (TPSA) is 27.7 Å². The summed E-state index contributed by atoms with van der Waals surface area (Å²) in [5.41, 5.74) is 1.26. The molecule has 0 unspecified atom stereocenters. The predicted octanol–water partition coefficient (Wildman–Crippen LogP) is 3.20. The lowest BCUT2D eigenvalue weighted by Crippen LogP contribution is -2.23. The van der Waals surface area contributed by atoms with E-state index in [1.54, 1.807) is 11.3 Å². The Kier molecular flexibility index (Phi) is 5.99. The van der Waals surface area contributed by atoms with E-state index < -0.39 is 0 Å². The van der Waals surface area contributed by atoms with E-state index in [0.29, 0.717) is 6.61 Å². The van der Waals surface area contributed by atoms with Crippen molar-refractivity contribution in [3.8, 4) is 0 Å². The highest BCUT2D eigenvalue weighted by molar-refractivity contribution is 7.07. The number of hydrogen-bond acceptors (Lipinski definition) is 4. The van der Waals surface area contributed by atoms with Gasteiger partial charge in [-0.2, -0.15) is 11.3 Å². The Morgan fingerprint density at radius 3 is 3.12 bits per heavy atom. The van der Waals surface area contributed by atoms with E-state index in [4.69, 9.17) is 14.2 Å². The van der Waals surface area contributed by atoms with E-state index in [0.717, 1.165) is 32.7 Å². The van der Waals surface area contributed by atoms with Crippen LogP contribution in [0.2, 0.25) is 0 Å². The van der Waals surface area contributed by atoms with Gasteiger partial charge in [-0.25, -0.2) is 0 Å². The molecule has 1 aromatic heterocycles. The molecule has 17 heavy (non-hydrogen) atoms. The van der Waals surface area contributed by atoms with Crippen LogP contribution in [0.5, 0.6) is 0 Å². The Morgan fingerprint density at radius 2 is 2.35 bits per heavy atom. The SMILES string of the molecule is c1cc(COCCCO[C@H]2CCCCO2)cs1. The fraction of sp³-hybridized carbons (Fsp3) is 0.692. The van der Waals surface area contributed by atoms with E-state index in [9.17, 15) is 0 Å². The largest absolute Gasteiger partial charge is 0.377 e. The molecule has 1 saturated heterocycles. The summed E-state index contributed by atoms with van der Waals surface area (Å²) < 4.78 is 16.7. The van der Waals surface area contributed by atoms with E-state index in [1.807, 2.05) is 0 Å². The van der Waals surface area contributed by atoms with Gasteiger partial charge in [0.2, 0.25) is 0 Å². The Labute approximate surface area is 107 Å². The molecular weight excluding hydrogens is 236 g/mol. The standard InChI is InChI=1S/C13H20O3S/c1-2-7-15-13(4-1)16-8-3-6-14-10-12-5-9-17-11-12/h5,9,11,13H,1-4,6-8,10H2/t13-/m0/s1. The average Bonchev–Trinajstić information content (AvgIpc) is 2.88. The third-order valence-corrected chi connectivity index (χ3v) is 3.46. The number of hydrogen-bond donors (Lipinski definition) is 0. The fourth-order valence-electron chi connectivity index (χ4n) is 1.78. The highest BCUT2D eigenvalue weighted by Crippen LogP contribution is 2.13. The summed E-state index contributed by atoms with van der Waals surface area (Å²) in [5, 5.41) is 4.19. The normalized spacial score (nSPS) is 20.6. The zero-order chi connectivity index (χ0) is 11.8. The van der Waals surface area contributed by atoms with E-state index in [-0.39, 0.29) is 6.29 Å². The molecule has 1 atom stereocenters. The first-order valence-corrected chi connectivity index (χ1v) is 7.21. The molecule has 1 aliphatic heterocycles. The van der Waals surface area contributed by atoms with Gasteiger partial charge in [-0.1, -0.05) is 0 Å². The first-order valence-electron chi connectivity index (χ1n) is 6.27. The molecule has 96 valence electrons. The van der Waals surface area contributed by atoms with Gasteiger partial charge in [-0.05, 0) is 48.1 Å². The molecule has 3 nitrogen and oxygen atoms in total. The summed E-state index contributed by atoms with van der Waals surface area (Å²) >= 11 is 1.71. The van der Waals surface area contributed by atoms with Crippen LogP contribution in [0.15, 0.2) is 16.8 Å². The highest BCUT2D eigenvalue weighted by Gasteiger charge is 2.13. The second-order valence-electron chi connectivity index (χ2n) is 4.20. The van der Waals surface area contributed by atoms with Crippen molar-refractivity contribution in [3.63, 3.8) is 0 Å². The summed E-state index contributed by atoms with van der Waals surface area (Å²) in [6.07, 6.45) is 4.39. The lowest BCUT2D eigenvalue weighted by Gasteiger charge is -2.22. The van der Waals surface area contributed by atoms with Crippen LogP contribution < -0.4 is 0 Å². The maximum absolute atomic E-state index is 5.62. The van der Waals surface area contributed by atoms with Gasteiger partial charge in [0.05, 0.1) is 13.2 Å². The van der Waals surface area contributed by atoms with Crippen LogP contribution >= 0.6 is 11.3 Å². The second kappa shape index (κ2) is 7.82.